The third-order valence-corrected chi connectivity index (χ3v) is 2.71. The van der Waals surface area contributed by atoms with Crippen LogP contribution in [0.4, 0.5) is 24.5 Å². The predicted molar refractivity (Wildman–Crippen MR) is 69.8 cm³/mol. The standard InChI is InChI=1S/C12H16F3N3O3/c1-7(2)3-8(6-19)17-9-4-11(12(13,14)15)16-5-10(9)18(20)21/h4-5,7-8,19H,3,6H2,1-2H3,(H,16,17). The van der Waals surface area contributed by atoms with Gasteiger partial charge in [-0.1, -0.05) is 13.8 Å². The minimum Gasteiger partial charge on any atom is -0.394 e. The van der Waals surface area contributed by atoms with E-state index in [4.69, 9.17) is 0 Å². The van der Waals surface area contributed by atoms with Gasteiger partial charge in [0.15, 0.2) is 0 Å². The average Bonchev–Trinajstić information content (AvgIpc) is 2.35. The molecule has 1 aromatic rings. The summed E-state index contributed by atoms with van der Waals surface area (Å²) < 4.78 is 37.9. The summed E-state index contributed by atoms with van der Waals surface area (Å²) in [5.74, 6) is 0.164. The number of alkyl halides is 3. The van der Waals surface area contributed by atoms with Crippen molar-refractivity contribution in [3.05, 3.63) is 28.1 Å². The maximum absolute atomic E-state index is 12.6. The lowest BCUT2D eigenvalue weighted by Crippen LogP contribution is -2.26. The number of nitrogens with zero attached hydrogens (tertiary/aromatic N) is 2. The van der Waals surface area contributed by atoms with E-state index in [1.54, 1.807) is 0 Å². The minimum absolute atomic E-state index is 0.164. The molecule has 1 unspecified atom stereocenters. The first-order chi connectivity index (χ1) is 9.65. The summed E-state index contributed by atoms with van der Waals surface area (Å²) in [5, 5.41) is 22.7. The zero-order valence-corrected chi connectivity index (χ0v) is 11.5. The second kappa shape index (κ2) is 6.70. The normalized spacial score (nSPS) is 13.3. The molecule has 0 spiro atoms. The van der Waals surface area contributed by atoms with Gasteiger partial charge in [-0.2, -0.15) is 13.2 Å². The summed E-state index contributed by atoms with van der Waals surface area (Å²) in [7, 11) is 0. The van der Waals surface area contributed by atoms with E-state index in [2.05, 4.69) is 10.3 Å². The van der Waals surface area contributed by atoms with E-state index < -0.39 is 28.5 Å². The highest BCUT2D eigenvalue weighted by Crippen LogP contribution is 2.33. The topological polar surface area (TPSA) is 88.3 Å². The zero-order chi connectivity index (χ0) is 16.2. The highest BCUT2D eigenvalue weighted by molar-refractivity contribution is 5.61. The van der Waals surface area contributed by atoms with Crippen molar-refractivity contribution in [1.82, 2.24) is 4.98 Å². The summed E-state index contributed by atoms with van der Waals surface area (Å²) in [4.78, 5) is 13.1. The third-order valence-electron chi connectivity index (χ3n) is 2.71. The molecule has 0 amide bonds. The SMILES string of the molecule is CC(C)CC(CO)Nc1cc(C(F)(F)F)ncc1[N+](=O)[O-]. The molecule has 0 saturated carbocycles. The molecule has 0 aromatic carbocycles. The molecular weight excluding hydrogens is 291 g/mol. The Morgan fingerprint density at radius 3 is 2.52 bits per heavy atom. The molecular formula is C12H16F3N3O3. The van der Waals surface area contributed by atoms with Gasteiger partial charge in [-0.3, -0.25) is 10.1 Å². The van der Waals surface area contributed by atoms with Gasteiger partial charge in [0.2, 0.25) is 0 Å². The minimum atomic E-state index is -4.70. The highest BCUT2D eigenvalue weighted by Gasteiger charge is 2.34. The summed E-state index contributed by atoms with van der Waals surface area (Å²) in [6, 6.07) is 0.00776. The summed E-state index contributed by atoms with van der Waals surface area (Å²) >= 11 is 0. The van der Waals surface area contributed by atoms with Crippen LogP contribution in [0.1, 0.15) is 26.0 Å². The number of halogens is 3. The molecule has 1 atom stereocenters. The van der Waals surface area contributed by atoms with Crippen molar-refractivity contribution >= 4 is 11.4 Å². The number of aliphatic hydroxyl groups is 1. The average molecular weight is 307 g/mol. The molecule has 21 heavy (non-hydrogen) atoms. The van der Waals surface area contributed by atoms with Crippen molar-refractivity contribution in [2.45, 2.75) is 32.5 Å². The van der Waals surface area contributed by atoms with Gasteiger partial charge in [0, 0.05) is 6.04 Å². The second-order valence-electron chi connectivity index (χ2n) is 4.99. The quantitative estimate of drug-likeness (QED) is 0.623. The van der Waals surface area contributed by atoms with Gasteiger partial charge < -0.3 is 10.4 Å². The number of hydrogen-bond donors (Lipinski definition) is 2. The molecule has 9 heteroatoms. The number of hydrogen-bond acceptors (Lipinski definition) is 5. The van der Waals surface area contributed by atoms with Crippen molar-refractivity contribution < 1.29 is 23.2 Å². The molecule has 0 radical (unpaired) electrons. The summed E-state index contributed by atoms with van der Waals surface area (Å²) in [6.45, 7) is 3.39. The van der Waals surface area contributed by atoms with E-state index in [0.717, 1.165) is 0 Å². The first-order valence-electron chi connectivity index (χ1n) is 6.24. The van der Waals surface area contributed by atoms with Crippen molar-refractivity contribution in [3.63, 3.8) is 0 Å². The van der Waals surface area contributed by atoms with E-state index in [1.807, 2.05) is 13.8 Å². The first-order valence-corrected chi connectivity index (χ1v) is 6.24. The van der Waals surface area contributed by atoms with Gasteiger partial charge in [0.25, 0.3) is 0 Å². The van der Waals surface area contributed by atoms with Crippen LogP contribution in [-0.2, 0) is 6.18 Å². The molecule has 1 aromatic heterocycles. The Morgan fingerprint density at radius 1 is 1.48 bits per heavy atom. The number of nitrogens with one attached hydrogen (secondary N) is 1. The van der Waals surface area contributed by atoms with Gasteiger partial charge >= 0.3 is 11.9 Å². The van der Waals surface area contributed by atoms with E-state index in [9.17, 15) is 28.4 Å². The van der Waals surface area contributed by atoms with Crippen LogP contribution in [-0.4, -0.2) is 27.7 Å². The Labute approximate surface area is 119 Å². The van der Waals surface area contributed by atoms with Crippen LogP contribution >= 0.6 is 0 Å². The predicted octanol–water partition coefficient (Wildman–Crippen LogP) is 2.83. The van der Waals surface area contributed by atoms with E-state index >= 15 is 0 Å². The fourth-order valence-electron chi connectivity index (χ4n) is 1.83. The van der Waals surface area contributed by atoms with Gasteiger partial charge in [0.05, 0.1) is 11.5 Å². The molecule has 0 aliphatic rings. The molecule has 1 rings (SSSR count). The van der Waals surface area contributed by atoms with Crippen LogP contribution in [0, 0.1) is 16.0 Å². The van der Waals surface area contributed by atoms with E-state index in [-0.39, 0.29) is 18.2 Å². The van der Waals surface area contributed by atoms with Gasteiger partial charge in [0.1, 0.15) is 17.6 Å². The Balaban J connectivity index is 3.14. The number of aromatic nitrogens is 1. The maximum atomic E-state index is 12.6. The van der Waals surface area contributed by atoms with Gasteiger partial charge in [-0.25, -0.2) is 4.98 Å². The number of aliphatic hydroxyl groups excluding tert-OH is 1. The lowest BCUT2D eigenvalue weighted by Gasteiger charge is -2.19. The third kappa shape index (κ3) is 4.85. The fraction of sp³-hybridized carbons (Fsp3) is 0.583. The van der Waals surface area contributed by atoms with Crippen LogP contribution in [0.3, 0.4) is 0 Å². The lowest BCUT2D eigenvalue weighted by atomic mass is 10.0. The van der Waals surface area contributed by atoms with E-state index in [1.165, 1.54) is 0 Å². The van der Waals surface area contributed by atoms with Gasteiger partial charge in [-0.05, 0) is 18.4 Å². The Morgan fingerprint density at radius 2 is 2.10 bits per heavy atom. The van der Waals surface area contributed by atoms with Gasteiger partial charge in [-0.15, -0.1) is 0 Å². The Bertz CT molecular complexity index is 506. The van der Waals surface area contributed by atoms with Crippen molar-refractivity contribution in [2.24, 2.45) is 5.92 Å². The summed E-state index contributed by atoms with van der Waals surface area (Å²) in [5.41, 5.74) is -2.09. The number of rotatable bonds is 6. The van der Waals surface area contributed by atoms with E-state index in [0.29, 0.717) is 18.7 Å². The molecule has 0 aliphatic carbocycles. The fourth-order valence-corrected chi connectivity index (χ4v) is 1.83. The van der Waals surface area contributed by atoms with Crippen LogP contribution in [0.25, 0.3) is 0 Å². The van der Waals surface area contributed by atoms with Crippen molar-refractivity contribution in [3.8, 4) is 0 Å². The molecule has 0 fully saturated rings. The molecule has 6 nitrogen and oxygen atoms in total. The van der Waals surface area contributed by atoms with Crippen LogP contribution in [0.2, 0.25) is 0 Å². The molecule has 0 bridgehead atoms. The second-order valence-corrected chi connectivity index (χ2v) is 4.99. The first kappa shape index (κ1) is 17.2. The van der Waals surface area contributed by atoms with Crippen LogP contribution < -0.4 is 5.32 Å². The monoisotopic (exact) mass is 307 g/mol. The number of nitro groups is 1. The van der Waals surface area contributed by atoms with Crippen molar-refractivity contribution in [1.29, 1.82) is 0 Å². The molecule has 1 heterocycles. The molecule has 2 N–H and O–H groups in total. The van der Waals surface area contributed by atoms with Crippen molar-refractivity contribution in [2.75, 3.05) is 11.9 Å². The molecule has 0 saturated heterocycles. The van der Waals surface area contributed by atoms with Crippen LogP contribution in [0.5, 0.6) is 0 Å². The zero-order valence-electron chi connectivity index (χ0n) is 11.5. The smallest absolute Gasteiger partial charge is 0.394 e. The largest absolute Gasteiger partial charge is 0.433 e. The highest BCUT2D eigenvalue weighted by atomic mass is 19.4. The van der Waals surface area contributed by atoms with Crippen LogP contribution in [0.15, 0.2) is 12.3 Å². The molecule has 118 valence electrons. The Hall–Kier alpha value is -1.90. The lowest BCUT2D eigenvalue weighted by molar-refractivity contribution is -0.384. The number of pyridine rings is 1. The molecule has 0 aliphatic heterocycles. The maximum Gasteiger partial charge on any atom is 0.433 e. The number of anilines is 1. The summed E-state index contributed by atoms with van der Waals surface area (Å²) in [6.07, 6.45) is -3.68. The Kier molecular flexibility index (Phi) is 5.47.